The second kappa shape index (κ2) is 5.78. The van der Waals surface area contributed by atoms with Crippen LogP contribution in [0.5, 0.6) is 0 Å². The molecule has 0 aliphatic carbocycles. The molecule has 2 fully saturated rings. The number of piperidine rings is 1. The van der Waals surface area contributed by atoms with Crippen molar-refractivity contribution in [2.45, 2.75) is 50.5 Å². The first kappa shape index (κ1) is 14.5. The lowest BCUT2D eigenvalue weighted by Gasteiger charge is -2.44. The molecule has 5 unspecified atom stereocenters. The van der Waals surface area contributed by atoms with Crippen LogP contribution in [0.15, 0.2) is 30.3 Å². The number of ether oxygens (including phenoxy) is 1. The fourth-order valence-electron chi connectivity index (χ4n) is 4.09. The number of hydrogen-bond acceptors (Lipinski definition) is 4. The molecule has 0 aromatic heterocycles. The summed E-state index contributed by atoms with van der Waals surface area (Å²) in [4.78, 5) is 13.8. The average molecular weight is 289 g/mol. The van der Waals surface area contributed by atoms with Crippen molar-refractivity contribution in [3.05, 3.63) is 35.9 Å². The number of aliphatic hydroxyl groups excluding tert-OH is 1. The smallest absolute Gasteiger partial charge is 0.302 e. The number of aliphatic hydroxyl groups is 1. The number of carbonyl (C=O) groups is 1. The van der Waals surface area contributed by atoms with Crippen LogP contribution in [0.2, 0.25) is 0 Å². The molecule has 1 aromatic carbocycles. The highest BCUT2D eigenvalue weighted by Crippen LogP contribution is 2.44. The van der Waals surface area contributed by atoms with Crippen molar-refractivity contribution in [3.8, 4) is 0 Å². The minimum absolute atomic E-state index is 0.0555. The predicted molar refractivity (Wildman–Crippen MR) is 79.6 cm³/mol. The Kier molecular flexibility index (Phi) is 4.00. The molecule has 4 nitrogen and oxygen atoms in total. The van der Waals surface area contributed by atoms with Gasteiger partial charge in [0.05, 0.1) is 6.10 Å². The summed E-state index contributed by atoms with van der Waals surface area (Å²) < 4.78 is 5.55. The fraction of sp³-hybridized carbons (Fsp3) is 0.588. The molecule has 0 spiro atoms. The van der Waals surface area contributed by atoms with E-state index >= 15 is 0 Å². The van der Waals surface area contributed by atoms with Gasteiger partial charge in [-0.25, -0.2) is 0 Å². The molecular weight excluding hydrogens is 266 g/mol. The number of nitrogens with zero attached hydrogens (tertiary/aromatic N) is 1. The van der Waals surface area contributed by atoms with E-state index in [2.05, 4.69) is 11.9 Å². The lowest BCUT2D eigenvalue weighted by atomic mass is 9.80. The molecule has 2 bridgehead atoms. The van der Waals surface area contributed by atoms with Crippen LogP contribution in [0.3, 0.4) is 0 Å². The Bertz CT molecular complexity index is 504. The van der Waals surface area contributed by atoms with Gasteiger partial charge in [-0.2, -0.15) is 0 Å². The van der Waals surface area contributed by atoms with Gasteiger partial charge in [-0.15, -0.1) is 0 Å². The Morgan fingerprint density at radius 3 is 2.71 bits per heavy atom. The molecular formula is C17H23NO3. The van der Waals surface area contributed by atoms with Gasteiger partial charge in [0.25, 0.3) is 0 Å². The fourth-order valence-corrected chi connectivity index (χ4v) is 4.09. The molecule has 0 radical (unpaired) electrons. The third-order valence-corrected chi connectivity index (χ3v) is 5.10. The van der Waals surface area contributed by atoms with Crippen molar-refractivity contribution in [2.75, 3.05) is 7.05 Å². The first-order valence-electron chi connectivity index (χ1n) is 7.70. The molecule has 2 aliphatic heterocycles. The molecule has 0 amide bonds. The van der Waals surface area contributed by atoms with Gasteiger partial charge in [0.2, 0.25) is 0 Å². The second-order valence-electron chi connectivity index (χ2n) is 6.28. The van der Waals surface area contributed by atoms with E-state index in [0.29, 0.717) is 6.04 Å². The minimum Gasteiger partial charge on any atom is -0.462 e. The summed E-state index contributed by atoms with van der Waals surface area (Å²) in [7, 11) is 2.12. The Morgan fingerprint density at radius 1 is 1.33 bits per heavy atom. The molecule has 4 heteroatoms. The quantitative estimate of drug-likeness (QED) is 0.866. The van der Waals surface area contributed by atoms with Gasteiger partial charge in [-0.1, -0.05) is 30.3 Å². The number of fused-ring (bicyclic) bond motifs is 2. The Labute approximate surface area is 125 Å². The maximum Gasteiger partial charge on any atom is 0.302 e. The first-order valence-corrected chi connectivity index (χ1v) is 7.70. The summed E-state index contributed by atoms with van der Waals surface area (Å²) in [6.45, 7) is 1.45. The van der Waals surface area contributed by atoms with Gasteiger partial charge < -0.3 is 9.84 Å². The summed E-state index contributed by atoms with van der Waals surface area (Å²) in [6.07, 6.45) is 2.22. The third-order valence-electron chi connectivity index (χ3n) is 5.10. The number of carbonyl (C=O) groups excluding carboxylic acids is 1. The van der Waals surface area contributed by atoms with E-state index in [4.69, 9.17) is 4.74 Å². The maximum atomic E-state index is 11.4. The van der Waals surface area contributed by atoms with Crippen LogP contribution in [0.1, 0.15) is 37.9 Å². The van der Waals surface area contributed by atoms with E-state index in [9.17, 15) is 9.90 Å². The van der Waals surface area contributed by atoms with Crippen molar-refractivity contribution in [1.82, 2.24) is 4.90 Å². The van der Waals surface area contributed by atoms with E-state index in [1.807, 2.05) is 30.3 Å². The molecule has 3 rings (SSSR count). The number of esters is 1. The molecule has 1 aromatic rings. The zero-order chi connectivity index (χ0) is 15.0. The summed E-state index contributed by atoms with van der Waals surface area (Å²) in [5.74, 6) is -0.311. The number of rotatable bonds is 3. The molecule has 2 saturated heterocycles. The van der Waals surface area contributed by atoms with Crippen molar-refractivity contribution in [3.63, 3.8) is 0 Å². The topological polar surface area (TPSA) is 49.8 Å². The predicted octanol–water partition coefficient (Wildman–Crippen LogP) is 2.13. The largest absolute Gasteiger partial charge is 0.462 e. The highest BCUT2D eigenvalue weighted by atomic mass is 16.5. The Hall–Kier alpha value is -1.39. The van der Waals surface area contributed by atoms with E-state index in [0.717, 1.165) is 24.8 Å². The van der Waals surface area contributed by atoms with Crippen molar-refractivity contribution >= 4 is 5.97 Å². The van der Waals surface area contributed by atoms with Crippen LogP contribution < -0.4 is 0 Å². The van der Waals surface area contributed by atoms with E-state index in [1.54, 1.807) is 0 Å². The third kappa shape index (κ3) is 2.70. The van der Waals surface area contributed by atoms with Gasteiger partial charge in [0.15, 0.2) is 0 Å². The zero-order valence-corrected chi connectivity index (χ0v) is 12.6. The molecule has 0 saturated carbocycles. The Balaban J connectivity index is 1.88. The van der Waals surface area contributed by atoms with Crippen molar-refractivity contribution < 1.29 is 14.6 Å². The summed E-state index contributed by atoms with van der Waals surface area (Å²) >= 11 is 0. The van der Waals surface area contributed by atoms with Crippen LogP contribution in [0, 0.1) is 5.92 Å². The van der Waals surface area contributed by atoms with Crippen LogP contribution >= 0.6 is 0 Å². The lowest BCUT2D eigenvalue weighted by molar-refractivity contribution is -0.159. The van der Waals surface area contributed by atoms with Crippen LogP contribution in [0.25, 0.3) is 0 Å². The zero-order valence-electron chi connectivity index (χ0n) is 12.6. The highest BCUT2D eigenvalue weighted by Gasteiger charge is 2.49. The molecule has 5 atom stereocenters. The van der Waals surface area contributed by atoms with E-state index < -0.39 is 6.10 Å². The van der Waals surface area contributed by atoms with Crippen molar-refractivity contribution in [2.24, 2.45) is 5.92 Å². The highest BCUT2D eigenvalue weighted by molar-refractivity contribution is 5.66. The van der Waals surface area contributed by atoms with E-state index in [1.165, 1.54) is 6.92 Å². The van der Waals surface area contributed by atoms with Crippen molar-refractivity contribution in [1.29, 1.82) is 0 Å². The van der Waals surface area contributed by atoms with Crippen LogP contribution in [0.4, 0.5) is 0 Å². The molecule has 21 heavy (non-hydrogen) atoms. The summed E-state index contributed by atoms with van der Waals surface area (Å²) in [5, 5.41) is 10.8. The molecule has 114 valence electrons. The van der Waals surface area contributed by atoms with Gasteiger partial charge >= 0.3 is 5.97 Å². The summed E-state index contributed by atoms with van der Waals surface area (Å²) in [5.41, 5.74) is 0.901. The number of benzene rings is 1. The van der Waals surface area contributed by atoms with Gasteiger partial charge in [0, 0.05) is 31.3 Å². The van der Waals surface area contributed by atoms with Gasteiger partial charge in [0.1, 0.15) is 6.10 Å². The first-order chi connectivity index (χ1) is 10.1. The van der Waals surface area contributed by atoms with Crippen LogP contribution in [-0.4, -0.2) is 41.2 Å². The summed E-state index contributed by atoms with van der Waals surface area (Å²) in [6, 6.07) is 10.4. The monoisotopic (exact) mass is 289 g/mol. The van der Waals surface area contributed by atoms with Gasteiger partial charge in [-0.3, -0.25) is 9.69 Å². The number of hydrogen-bond donors (Lipinski definition) is 1. The molecule has 2 heterocycles. The van der Waals surface area contributed by atoms with Crippen LogP contribution in [-0.2, 0) is 9.53 Å². The normalized spacial score (nSPS) is 33.7. The SMILES string of the molecule is CC(=O)OC1CC2CCC(C1C(O)c1ccccc1)N2C. The lowest BCUT2D eigenvalue weighted by Crippen LogP contribution is -2.52. The van der Waals surface area contributed by atoms with Gasteiger partial charge in [-0.05, 0) is 25.5 Å². The average Bonchev–Trinajstić information content (AvgIpc) is 2.71. The van der Waals surface area contributed by atoms with E-state index in [-0.39, 0.29) is 24.0 Å². The molecule has 2 aliphatic rings. The second-order valence-corrected chi connectivity index (χ2v) is 6.28. The minimum atomic E-state index is -0.595. The molecule has 1 N–H and O–H groups in total. The maximum absolute atomic E-state index is 11.4. The standard InChI is InChI=1S/C17H23NO3/c1-11(19)21-15-10-13-8-9-14(18(13)2)16(15)17(20)12-6-4-3-5-7-12/h3-7,13-17,20H,8-10H2,1-2H3. The Morgan fingerprint density at radius 2 is 2.05 bits per heavy atom.